The number of methoxy groups -OCH3 is 1. The topological polar surface area (TPSA) is 88.6 Å². The molecule has 0 atom stereocenters. The number of hydrogen-bond acceptors (Lipinski definition) is 6. The van der Waals surface area contributed by atoms with Gasteiger partial charge >= 0.3 is 6.03 Å². The van der Waals surface area contributed by atoms with Gasteiger partial charge in [-0.3, -0.25) is 4.98 Å². The van der Waals surface area contributed by atoms with E-state index in [0.717, 1.165) is 47.2 Å². The van der Waals surface area contributed by atoms with Crippen LogP contribution in [-0.4, -0.2) is 49.4 Å². The number of morpholine rings is 1. The summed E-state index contributed by atoms with van der Waals surface area (Å²) in [7, 11) is 1.61. The highest BCUT2D eigenvalue weighted by Gasteiger charge is 2.18. The fourth-order valence-corrected chi connectivity index (χ4v) is 3.47. The van der Waals surface area contributed by atoms with E-state index in [2.05, 4.69) is 25.5 Å². The maximum Gasteiger partial charge on any atom is 0.323 e. The Morgan fingerprint density at radius 2 is 1.87 bits per heavy atom. The van der Waals surface area contributed by atoms with E-state index in [9.17, 15) is 4.79 Å². The molecule has 2 aromatic carbocycles. The molecule has 1 aliphatic heterocycles. The van der Waals surface area contributed by atoms with Gasteiger partial charge in [0.25, 0.3) is 0 Å². The number of ether oxygens (including phenoxy) is 2. The summed E-state index contributed by atoms with van der Waals surface area (Å²) >= 11 is 0. The van der Waals surface area contributed by atoms with Crippen LogP contribution in [0, 0.1) is 6.92 Å². The smallest absolute Gasteiger partial charge is 0.323 e. The largest absolute Gasteiger partial charge is 0.497 e. The average Bonchev–Trinajstić information content (AvgIpc) is 2.81. The minimum atomic E-state index is -0.321. The van der Waals surface area contributed by atoms with Crippen molar-refractivity contribution in [2.24, 2.45) is 0 Å². The molecular formula is C23H25N5O3. The van der Waals surface area contributed by atoms with Gasteiger partial charge in [-0.2, -0.15) is 0 Å². The fourth-order valence-electron chi connectivity index (χ4n) is 3.47. The summed E-state index contributed by atoms with van der Waals surface area (Å²) in [5, 5.41) is 5.77. The van der Waals surface area contributed by atoms with Crippen molar-refractivity contribution in [2.75, 3.05) is 48.9 Å². The Kier molecular flexibility index (Phi) is 6.28. The number of amides is 2. The number of carbonyl (C=O) groups excluding carboxylic acids is 1. The Labute approximate surface area is 181 Å². The number of anilines is 3. The van der Waals surface area contributed by atoms with Crippen molar-refractivity contribution in [3.05, 3.63) is 60.4 Å². The van der Waals surface area contributed by atoms with Gasteiger partial charge in [-0.05, 0) is 42.8 Å². The summed E-state index contributed by atoms with van der Waals surface area (Å²) in [6, 6.07) is 12.8. The first-order valence-electron chi connectivity index (χ1n) is 10.1. The summed E-state index contributed by atoms with van der Waals surface area (Å²) in [6.45, 7) is 4.80. The SMILES string of the molecule is COc1ccc(NC(=O)Nc2cccc(-c3nccnc3N3CCOCC3)c2)c(C)c1. The molecule has 0 spiro atoms. The molecule has 1 aromatic heterocycles. The fraction of sp³-hybridized carbons (Fsp3) is 0.261. The second-order valence-electron chi connectivity index (χ2n) is 7.17. The van der Waals surface area contributed by atoms with Gasteiger partial charge in [0.15, 0.2) is 5.82 Å². The number of rotatable bonds is 5. The Morgan fingerprint density at radius 3 is 2.65 bits per heavy atom. The zero-order valence-corrected chi connectivity index (χ0v) is 17.6. The zero-order valence-electron chi connectivity index (χ0n) is 17.6. The van der Waals surface area contributed by atoms with Crippen molar-refractivity contribution in [2.45, 2.75) is 6.92 Å². The molecule has 2 amide bonds. The first-order chi connectivity index (χ1) is 15.1. The van der Waals surface area contributed by atoms with Crippen LogP contribution in [0.5, 0.6) is 5.75 Å². The number of urea groups is 1. The Bertz CT molecular complexity index is 1070. The summed E-state index contributed by atoms with van der Waals surface area (Å²) < 4.78 is 10.7. The van der Waals surface area contributed by atoms with Gasteiger partial charge in [0.1, 0.15) is 11.4 Å². The van der Waals surface area contributed by atoms with Crippen LogP contribution in [-0.2, 0) is 4.74 Å². The molecule has 1 saturated heterocycles. The lowest BCUT2D eigenvalue weighted by atomic mass is 10.1. The molecule has 2 heterocycles. The van der Waals surface area contributed by atoms with Crippen molar-refractivity contribution in [3.63, 3.8) is 0 Å². The maximum absolute atomic E-state index is 12.5. The summed E-state index contributed by atoms with van der Waals surface area (Å²) in [4.78, 5) is 23.8. The lowest BCUT2D eigenvalue weighted by Gasteiger charge is -2.28. The van der Waals surface area contributed by atoms with E-state index in [0.29, 0.717) is 18.9 Å². The molecule has 3 aromatic rings. The molecule has 160 valence electrons. The molecular weight excluding hydrogens is 394 g/mol. The van der Waals surface area contributed by atoms with Crippen molar-refractivity contribution in [1.29, 1.82) is 0 Å². The molecule has 31 heavy (non-hydrogen) atoms. The third-order valence-corrected chi connectivity index (χ3v) is 5.07. The van der Waals surface area contributed by atoms with Gasteiger partial charge in [-0.15, -0.1) is 0 Å². The van der Waals surface area contributed by atoms with Crippen LogP contribution in [0.2, 0.25) is 0 Å². The van der Waals surface area contributed by atoms with E-state index in [4.69, 9.17) is 9.47 Å². The predicted octanol–water partition coefficient (Wildman–Crippen LogP) is 3.94. The highest BCUT2D eigenvalue weighted by molar-refractivity contribution is 6.00. The minimum Gasteiger partial charge on any atom is -0.497 e. The van der Waals surface area contributed by atoms with E-state index in [1.165, 1.54) is 0 Å². The molecule has 4 rings (SSSR count). The standard InChI is InChI=1S/C23H25N5O3/c1-16-14-19(30-2)6-7-20(16)27-23(29)26-18-5-3-4-17(15-18)21-22(25-9-8-24-21)28-10-12-31-13-11-28/h3-9,14-15H,10-13H2,1-2H3,(H2,26,27,29). The van der Waals surface area contributed by atoms with Gasteiger partial charge in [0.2, 0.25) is 0 Å². The van der Waals surface area contributed by atoms with E-state index in [1.54, 1.807) is 19.5 Å². The van der Waals surface area contributed by atoms with Gasteiger partial charge in [0.05, 0.1) is 20.3 Å². The molecule has 1 aliphatic rings. The molecule has 8 nitrogen and oxygen atoms in total. The lowest BCUT2D eigenvalue weighted by molar-refractivity contribution is 0.122. The average molecular weight is 419 g/mol. The van der Waals surface area contributed by atoms with Gasteiger partial charge in [-0.1, -0.05) is 12.1 Å². The Morgan fingerprint density at radius 1 is 1.06 bits per heavy atom. The summed E-state index contributed by atoms with van der Waals surface area (Å²) in [5.41, 5.74) is 3.96. The molecule has 2 N–H and O–H groups in total. The Hall–Kier alpha value is -3.65. The Balaban J connectivity index is 1.51. The van der Waals surface area contributed by atoms with Crippen LogP contribution in [0.4, 0.5) is 22.0 Å². The molecule has 0 unspecified atom stereocenters. The van der Waals surface area contributed by atoms with Crippen molar-refractivity contribution >= 4 is 23.2 Å². The van der Waals surface area contributed by atoms with Gasteiger partial charge in [-0.25, -0.2) is 9.78 Å². The lowest BCUT2D eigenvalue weighted by Crippen LogP contribution is -2.37. The molecule has 0 radical (unpaired) electrons. The second-order valence-corrected chi connectivity index (χ2v) is 7.17. The molecule has 8 heteroatoms. The van der Waals surface area contributed by atoms with E-state index in [-0.39, 0.29) is 6.03 Å². The van der Waals surface area contributed by atoms with Crippen molar-refractivity contribution in [1.82, 2.24) is 9.97 Å². The highest BCUT2D eigenvalue weighted by atomic mass is 16.5. The minimum absolute atomic E-state index is 0.321. The first kappa shape index (κ1) is 20.6. The van der Waals surface area contributed by atoms with Gasteiger partial charge < -0.3 is 25.0 Å². The van der Waals surface area contributed by atoms with E-state index < -0.39 is 0 Å². The summed E-state index contributed by atoms with van der Waals surface area (Å²) in [6.07, 6.45) is 3.37. The van der Waals surface area contributed by atoms with Crippen LogP contribution in [0.3, 0.4) is 0 Å². The van der Waals surface area contributed by atoms with Crippen LogP contribution in [0.15, 0.2) is 54.9 Å². The predicted molar refractivity (Wildman–Crippen MR) is 121 cm³/mol. The highest BCUT2D eigenvalue weighted by Crippen LogP contribution is 2.29. The number of nitrogens with one attached hydrogen (secondary N) is 2. The molecule has 0 bridgehead atoms. The number of hydrogen-bond donors (Lipinski definition) is 2. The monoisotopic (exact) mass is 419 g/mol. The number of aromatic nitrogens is 2. The van der Waals surface area contributed by atoms with Gasteiger partial charge in [0, 0.05) is 42.4 Å². The number of aryl methyl sites for hydroxylation is 1. The number of nitrogens with zero attached hydrogens (tertiary/aromatic N) is 3. The quantitative estimate of drug-likeness (QED) is 0.651. The second kappa shape index (κ2) is 9.44. The third kappa shape index (κ3) is 4.92. The van der Waals surface area contributed by atoms with Crippen LogP contribution >= 0.6 is 0 Å². The number of benzene rings is 2. The van der Waals surface area contributed by atoms with E-state index >= 15 is 0 Å². The molecule has 0 aliphatic carbocycles. The maximum atomic E-state index is 12.5. The number of carbonyl (C=O) groups is 1. The molecule has 0 saturated carbocycles. The zero-order chi connectivity index (χ0) is 21.6. The third-order valence-electron chi connectivity index (χ3n) is 5.07. The van der Waals surface area contributed by atoms with Crippen molar-refractivity contribution < 1.29 is 14.3 Å². The summed E-state index contributed by atoms with van der Waals surface area (Å²) in [5.74, 6) is 1.57. The van der Waals surface area contributed by atoms with E-state index in [1.807, 2.05) is 49.4 Å². The normalized spacial score (nSPS) is 13.5. The van der Waals surface area contributed by atoms with Crippen LogP contribution < -0.4 is 20.3 Å². The van der Waals surface area contributed by atoms with Crippen molar-refractivity contribution in [3.8, 4) is 17.0 Å². The van der Waals surface area contributed by atoms with Crippen LogP contribution in [0.1, 0.15) is 5.56 Å². The van der Waals surface area contributed by atoms with Crippen LogP contribution in [0.25, 0.3) is 11.3 Å². The molecule has 1 fully saturated rings. The first-order valence-corrected chi connectivity index (χ1v) is 10.1.